The molecule has 0 bridgehead atoms. The van der Waals surface area contributed by atoms with E-state index < -0.39 is 0 Å². The van der Waals surface area contributed by atoms with E-state index in [4.69, 9.17) is 0 Å². The average molecular weight is 304 g/mol. The Morgan fingerprint density at radius 3 is 2.86 bits per heavy atom. The molecule has 0 radical (unpaired) electrons. The summed E-state index contributed by atoms with van der Waals surface area (Å²) >= 11 is 2.00. The van der Waals surface area contributed by atoms with Crippen LogP contribution < -0.4 is 5.32 Å². The van der Waals surface area contributed by atoms with E-state index in [2.05, 4.69) is 49.5 Å². The van der Waals surface area contributed by atoms with Crippen LogP contribution in [0.4, 0.5) is 0 Å². The Hall–Kier alpha value is -0.730. The van der Waals surface area contributed by atoms with Gasteiger partial charge in [0, 0.05) is 16.7 Å². The molecule has 1 unspecified atom stereocenters. The summed E-state index contributed by atoms with van der Waals surface area (Å²) in [5.41, 5.74) is 3.05. The van der Waals surface area contributed by atoms with Gasteiger partial charge in [0.2, 0.25) is 0 Å². The van der Waals surface area contributed by atoms with Crippen LogP contribution in [-0.2, 0) is 0 Å². The van der Waals surface area contributed by atoms with Crippen molar-refractivity contribution in [1.29, 1.82) is 0 Å². The smallest absolute Gasteiger partial charge is 0.0374 e. The molecule has 1 atom stereocenters. The second kappa shape index (κ2) is 9.32. The Morgan fingerprint density at radius 1 is 1.19 bits per heavy atom. The van der Waals surface area contributed by atoms with Gasteiger partial charge in [-0.3, -0.25) is 0 Å². The fourth-order valence-electron chi connectivity index (χ4n) is 2.86. The van der Waals surface area contributed by atoms with Crippen LogP contribution in [0.1, 0.15) is 51.0 Å². The average Bonchev–Trinajstić information content (AvgIpc) is 2.78. The third-order valence-electron chi connectivity index (χ3n) is 4.16. The zero-order valence-corrected chi connectivity index (χ0v) is 14.3. The van der Waals surface area contributed by atoms with Crippen molar-refractivity contribution in [2.75, 3.05) is 12.3 Å². The third kappa shape index (κ3) is 5.52. The lowest BCUT2D eigenvalue weighted by Gasteiger charge is -2.22. The zero-order chi connectivity index (χ0) is 14.9. The molecule has 0 saturated heterocycles. The molecule has 21 heavy (non-hydrogen) atoms. The highest BCUT2D eigenvalue weighted by atomic mass is 32.2. The molecule has 1 aromatic rings. The fourth-order valence-corrected chi connectivity index (χ4v) is 4.01. The van der Waals surface area contributed by atoms with Gasteiger partial charge in [-0.1, -0.05) is 43.2 Å². The van der Waals surface area contributed by atoms with E-state index in [0.717, 1.165) is 12.3 Å². The fraction of sp³-hybridized carbons (Fsp3) is 0.579. The van der Waals surface area contributed by atoms with E-state index >= 15 is 0 Å². The maximum Gasteiger partial charge on any atom is 0.0374 e. The minimum absolute atomic E-state index is 0.549. The summed E-state index contributed by atoms with van der Waals surface area (Å²) in [6.45, 7) is 5.58. The highest BCUT2D eigenvalue weighted by Crippen LogP contribution is 2.27. The number of rotatable bonds is 7. The van der Waals surface area contributed by atoms with E-state index in [-0.39, 0.29) is 0 Å². The largest absolute Gasteiger partial charge is 0.310 e. The standard InChI is InChI=1S/C19H29NS/c1-3-14-20-18(17-11-6-4-5-7-12-17)15-21-19-13-9-8-10-16(19)2/h8-11,13,18,20H,3-7,12,14-15H2,1-2H3. The highest BCUT2D eigenvalue weighted by Gasteiger charge is 2.15. The van der Waals surface area contributed by atoms with E-state index in [1.807, 2.05) is 11.8 Å². The second-order valence-electron chi connectivity index (χ2n) is 5.96. The van der Waals surface area contributed by atoms with Gasteiger partial charge in [-0.05, 0) is 57.2 Å². The first-order chi connectivity index (χ1) is 10.3. The van der Waals surface area contributed by atoms with Crippen molar-refractivity contribution in [3.63, 3.8) is 0 Å². The van der Waals surface area contributed by atoms with Crippen molar-refractivity contribution >= 4 is 11.8 Å². The maximum atomic E-state index is 3.77. The summed E-state index contributed by atoms with van der Waals surface area (Å²) < 4.78 is 0. The molecule has 0 amide bonds. The van der Waals surface area contributed by atoms with Crippen LogP contribution in [0.3, 0.4) is 0 Å². The van der Waals surface area contributed by atoms with E-state index in [1.54, 1.807) is 5.57 Å². The molecule has 2 rings (SSSR count). The molecule has 1 aliphatic carbocycles. The van der Waals surface area contributed by atoms with Gasteiger partial charge in [0.1, 0.15) is 0 Å². The molecular formula is C19H29NS. The van der Waals surface area contributed by atoms with Crippen LogP contribution in [0.5, 0.6) is 0 Å². The molecule has 116 valence electrons. The summed E-state index contributed by atoms with van der Waals surface area (Å²) in [7, 11) is 0. The normalized spacial score (nSPS) is 17.1. The molecule has 0 saturated carbocycles. The number of benzene rings is 1. The van der Waals surface area contributed by atoms with Crippen molar-refractivity contribution in [3.8, 4) is 0 Å². The lowest BCUT2D eigenvalue weighted by Crippen LogP contribution is -2.34. The van der Waals surface area contributed by atoms with Crippen molar-refractivity contribution in [2.24, 2.45) is 0 Å². The summed E-state index contributed by atoms with van der Waals surface area (Å²) in [5, 5.41) is 3.77. The first kappa shape index (κ1) is 16.6. The molecule has 0 heterocycles. The Morgan fingerprint density at radius 2 is 2.05 bits per heavy atom. The quantitative estimate of drug-likeness (QED) is 0.538. The number of hydrogen-bond acceptors (Lipinski definition) is 2. The Balaban J connectivity index is 1.98. The van der Waals surface area contributed by atoms with E-state index in [0.29, 0.717) is 6.04 Å². The van der Waals surface area contributed by atoms with Crippen molar-refractivity contribution in [1.82, 2.24) is 5.32 Å². The number of nitrogens with one attached hydrogen (secondary N) is 1. The number of allylic oxidation sites excluding steroid dienone is 1. The number of thioether (sulfide) groups is 1. The molecule has 0 fully saturated rings. The van der Waals surface area contributed by atoms with Crippen LogP contribution in [0.25, 0.3) is 0 Å². The van der Waals surface area contributed by atoms with Gasteiger partial charge in [-0.25, -0.2) is 0 Å². The van der Waals surface area contributed by atoms with Crippen molar-refractivity contribution in [3.05, 3.63) is 41.5 Å². The van der Waals surface area contributed by atoms with Gasteiger partial charge in [0.25, 0.3) is 0 Å². The topological polar surface area (TPSA) is 12.0 Å². The lowest BCUT2D eigenvalue weighted by molar-refractivity contribution is 0.584. The van der Waals surface area contributed by atoms with Gasteiger partial charge < -0.3 is 5.32 Å². The predicted molar refractivity (Wildman–Crippen MR) is 95.2 cm³/mol. The number of hydrogen-bond donors (Lipinski definition) is 1. The van der Waals surface area contributed by atoms with Gasteiger partial charge in [0.15, 0.2) is 0 Å². The van der Waals surface area contributed by atoms with Crippen molar-refractivity contribution in [2.45, 2.75) is 63.3 Å². The van der Waals surface area contributed by atoms with E-state index in [1.165, 1.54) is 49.0 Å². The van der Waals surface area contributed by atoms with Gasteiger partial charge in [0.05, 0.1) is 0 Å². The minimum atomic E-state index is 0.549. The predicted octanol–water partition coefficient (Wildman–Crippen LogP) is 5.35. The Kier molecular flexibility index (Phi) is 7.38. The molecule has 1 nitrogen and oxygen atoms in total. The molecular weight excluding hydrogens is 274 g/mol. The second-order valence-corrected chi connectivity index (χ2v) is 7.02. The van der Waals surface area contributed by atoms with Crippen molar-refractivity contribution < 1.29 is 0 Å². The maximum absolute atomic E-state index is 3.77. The summed E-state index contributed by atoms with van der Waals surface area (Å²) in [6.07, 6.45) is 10.4. The van der Waals surface area contributed by atoms with Crippen LogP contribution in [0, 0.1) is 6.92 Å². The molecule has 0 aromatic heterocycles. The Labute approximate surface area is 134 Å². The molecule has 2 heteroatoms. The number of aryl methyl sites for hydroxylation is 1. The minimum Gasteiger partial charge on any atom is -0.310 e. The first-order valence-electron chi connectivity index (χ1n) is 8.42. The molecule has 1 aromatic carbocycles. The molecule has 1 N–H and O–H groups in total. The monoisotopic (exact) mass is 303 g/mol. The lowest BCUT2D eigenvalue weighted by atomic mass is 10.0. The molecule has 0 aliphatic heterocycles. The van der Waals surface area contributed by atoms with E-state index in [9.17, 15) is 0 Å². The van der Waals surface area contributed by atoms with Crippen LogP contribution in [0.15, 0.2) is 40.8 Å². The summed E-state index contributed by atoms with van der Waals surface area (Å²) in [6, 6.07) is 9.28. The third-order valence-corrected chi connectivity index (χ3v) is 5.43. The van der Waals surface area contributed by atoms with Gasteiger partial charge in [-0.15, -0.1) is 11.8 Å². The summed E-state index contributed by atoms with van der Waals surface area (Å²) in [5.74, 6) is 1.15. The first-order valence-corrected chi connectivity index (χ1v) is 9.40. The highest BCUT2D eigenvalue weighted by molar-refractivity contribution is 7.99. The van der Waals surface area contributed by atoms with Gasteiger partial charge in [-0.2, -0.15) is 0 Å². The van der Waals surface area contributed by atoms with Gasteiger partial charge >= 0.3 is 0 Å². The molecule has 1 aliphatic rings. The summed E-state index contributed by atoms with van der Waals surface area (Å²) in [4.78, 5) is 1.43. The van der Waals surface area contributed by atoms with Crippen LogP contribution in [-0.4, -0.2) is 18.3 Å². The zero-order valence-electron chi connectivity index (χ0n) is 13.5. The van der Waals surface area contributed by atoms with Crippen LogP contribution in [0.2, 0.25) is 0 Å². The van der Waals surface area contributed by atoms with Crippen LogP contribution >= 0.6 is 11.8 Å². The SMILES string of the molecule is CCCNC(CSc1ccccc1C)C1=CCCCCC1. The molecule has 0 spiro atoms. The Bertz CT molecular complexity index is 453.